The van der Waals surface area contributed by atoms with E-state index in [2.05, 4.69) is 10.3 Å². The Labute approximate surface area is 217 Å². The minimum Gasteiger partial charge on any atom is -0.489 e. The molecule has 5 rings (SSSR count). The van der Waals surface area contributed by atoms with Gasteiger partial charge in [-0.05, 0) is 73.1 Å². The Bertz CT molecular complexity index is 1290. The van der Waals surface area contributed by atoms with Crippen molar-refractivity contribution in [3.63, 3.8) is 0 Å². The molecule has 1 aliphatic heterocycles. The van der Waals surface area contributed by atoms with Gasteiger partial charge in [0.05, 0.1) is 6.61 Å². The van der Waals surface area contributed by atoms with E-state index < -0.39 is 15.6 Å². The maximum absolute atomic E-state index is 12.4. The van der Waals surface area contributed by atoms with Crippen LogP contribution in [0.3, 0.4) is 0 Å². The molecule has 1 aliphatic carbocycles. The average Bonchev–Trinajstić information content (AvgIpc) is 3.73. The van der Waals surface area contributed by atoms with Crippen LogP contribution in [0.4, 0.5) is 0 Å². The third-order valence-corrected chi connectivity index (χ3v) is 8.01. The summed E-state index contributed by atoms with van der Waals surface area (Å²) in [7, 11) is -2.69. The number of rotatable bonds is 10. The SMILES string of the molecule is O=C(NC1([SH](=O)=O)CC1)c1ccc(COc2cccc(-c3ccc(OCC4CCOCC4)nc3)c2)cc1. The molecule has 37 heavy (non-hydrogen) atoms. The predicted octanol–water partition coefficient (Wildman–Crippen LogP) is 3.96. The first-order valence-electron chi connectivity index (χ1n) is 12.5. The summed E-state index contributed by atoms with van der Waals surface area (Å²) in [5, 5.41) is 2.62. The maximum atomic E-state index is 12.4. The molecular formula is C28H30N2O6S. The Kier molecular flexibility index (Phi) is 7.71. The fourth-order valence-corrected chi connectivity index (χ4v) is 4.86. The molecule has 3 aromatic rings. The third kappa shape index (κ3) is 6.47. The van der Waals surface area contributed by atoms with E-state index in [1.54, 1.807) is 30.5 Å². The molecule has 9 heteroatoms. The van der Waals surface area contributed by atoms with Crippen LogP contribution in [0.1, 0.15) is 41.6 Å². The molecule has 2 aromatic carbocycles. The second kappa shape index (κ2) is 11.3. The van der Waals surface area contributed by atoms with E-state index in [0.29, 0.717) is 49.2 Å². The van der Waals surface area contributed by atoms with Gasteiger partial charge in [0, 0.05) is 36.6 Å². The Hall–Kier alpha value is -3.43. The summed E-state index contributed by atoms with van der Waals surface area (Å²) < 4.78 is 39.9. The van der Waals surface area contributed by atoms with E-state index in [9.17, 15) is 13.2 Å². The summed E-state index contributed by atoms with van der Waals surface area (Å²) in [6, 6.07) is 18.6. The van der Waals surface area contributed by atoms with Crippen LogP contribution in [-0.2, 0) is 22.0 Å². The van der Waals surface area contributed by atoms with Gasteiger partial charge in [-0.25, -0.2) is 13.4 Å². The number of hydrogen-bond donors (Lipinski definition) is 2. The van der Waals surface area contributed by atoms with Crippen molar-refractivity contribution in [2.24, 2.45) is 5.92 Å². The number of thiol groups is 1. The lowest BCUT2D eigenvalue weighted by atomic mass is 10.0. The molecule has 2 fully saturated rings. The number of carbonyl (C=O) groups excluding carboxylic acids is 1. The summed E-state index contributed by atoms with van der Waals surface area (Å²) in [6.45, 7) is 2.59. The molecular weight excluding hydrogens is 492 g/mol. The second-order valence-electron chi connectivity index (χ2n) is 9.51. The molecule has 1 saturated heterocycles. The lowest BCUT2D eigenvalue weighted by Gasteiger charge is -2.21. The summed E-state index contributed by atoms with van der Waals surface area (Å²) >= 11 is 0. The highest BCUT2D eigenvalue weighted by Crippen LogP contribution is 2.36. The molecule has 1 aromatic heterocycles. The number of pyridine rings is 1. The summed E-state index contributed by atoms with van der Waals surface area (Å²) in [5.41, 5.74) is 3.26. The highest BCUT2D eigenvalue weighted by atomic mass is 32.2. The molecule has 0 radical (unpaired) electrons. The molecule has 194 valence electrons. The molecule has 2 aliphatic rings. The van der Waals surface area contributed by atoms with E-state index in [1.807, 2.05) is 36.4 Å². The number of nitrogens with zero attached hydrogens (tertiary/aromatic N) is 1. The zero-order valence-corrected chi connectivity index (χ0v) is 21.3. The van der Waals surface area contributed by atoms with Gasteiger partial charge in [0.2, 0.25) is 5.88 Å². The number of aromatic nitrogens is 1. The van der Waals surface area contributed by atoms with Gasteiger partial charge in [0.25, 0.3) is 5.91 Å². The van der Waals surface area contributed by atoms with Crippen LogP contribution in [0.2, 0.25) is 0 Å². The standard InChI is InChI=1S/C28H30N2O6S/c31-27(30-28(12-13-28)37(32)33)22-6-4-20(5-7-22)18-35-25-3-1-2-23(16-25)24-8-9-26(29-17-24)36-19-21-10-14-34-15-11-21/h1-9,16-17,21,37H,10-15,18-19H2,(H,30,31). The van der Waals surface area contributed by atoms with Gasteiger partial charge in [0.1, 0.15) is 17.2 Å². The predicted molar refractivity (Wildman–Crippen MR) is 139 cm³/mol. The van der Waals surface area contributed by atoms with E-state index in [1.165, 1.54) is 0 Å². The summed E-state index contributed by atoms with van der Waals surface area (Å²) in [5.74, 6) is 1.47. The van der Waals surface area contributed by atoms with Crippen LogP contribution in [0.15, 0.2) is 66.9 Å². The molecule has 2 heterocycles. The molecule has 1 N–H and O–H groups in total. The Morgan fingerprint density at radius 2 is 1.78 bits per heavy atom. The van der Waals surface area contributed by atoms with Gasteiger partial charge in [0.15, 0.2) is 10.7 Å². The summed E-state index contributed by atoms with van der Waals surface area (Å²) in [6.07, 6.45) is 4.78. The minimum absolute atomic E-state index is 0.332. The lowest BCUT2D eigenvalue weighted by molar-refractivity contribution is 0.0490. The van der Waals surface area contributed by atoms with Crippen LogP contribution in [0.25, 0.3) is 11.1 Å². The highest BCUT2D eigenvalue weighted by molar-refractivity contribution is 7.74. The van der Waals surface area contributed by atoms with Gasteiger partial charge < -0.3 is 19.5 Å². The zero-order valence-electron chi connectivity index (χ0n) is 20.4. The smallest absolute Gasteiger partial charge is 0.252 e. The number of nitrogens with one attached hydrogen (secondary N) is 1. The monoisotopic (exact) mass is 522 g/mol. The van der Waals surface area contributed by atoms with Gasteiger partial charge in [-0.3, -0.25) is 4.79 Å². The number of benzene rings is 2. The molecule has 1 amide bonds. The van der Waals surface area contributed by atoms with Crippen molar-refractivity contribution in [2.45, 2.75) is 37.2 Å². The van der Waals surface area contributed by atoms with Gasteiger partial charge in [-0.1, -0.05) is 24.3 Å². The first-order chi connectivity index (χ1) is 18.0. The van der Waals surface area contributed by atoms with Crippen LogP contribution in [0.5, 0.6) is 11.6 Å². The van der Waals surface area contributed by atoms with Crippen LogP contribution >= 0.6 is 0 Å². The third-order valence-electron chi connectivity index (χ3n) is 6.75. The molecule has 0 atom stereocenters. The van der Waals surface area contributed by atoms with Crippen LogP contribution in [-0.4, -0.2) is 44.0 Å². The van der Waals surface area contributed by atoms with Crippen molar-refractivity contribution in [3.05, 3.63) is 78.0 Å². The van der Waals surface area contributed by atoms with Crippen molar-refractivity contribution in [1.82, 2.24) is 10.3 Å². The van der Waals surface area contributed by atoms with Gasteiger partial charge in [-0.2, -0.15) is 0 Å². The second-order valence-corrected chi connectivity index (χ2v) is 10.9. The fourth-order valence-electron chi connectivity index (χ4n) is 4.19. The Morgan fingerprint density at radius 3 is 2.46 bits per heavy atom. The summed E-state index contributed by atoms with van der Waals surface area (Å²) in [4.78, 5) is 15.8. The van der Waals surface area contributed by atoms with E-state index in [-0.39, 0.29) is 5.91 Å². The normalized spacial score (nSPS) is 16.8. The molecule has 0 spiro atoms. The molecule has 0 unspecified atom stereocenters. The Balaban J connectivity index is 1.14. The van der Waals surface area contributed by atoms with Gasteiger partial charge >= 0.3 is 0 Å². The number of ether oxygens (including phenoxy) is 3. The Morgan fingerprint density at radius 1 is 1.00 bits per heavy atom. The van der Waals surface area contributed by atoms with E-state index in [4.69, 9.17) is 14.2 Å². The first kappa shape index (κ1) is 25.2. The maximum Gasteiger partial charge on any atom is 0.252 e. The van der Waals surface area contributed by atoms with Crippen molar-refractivity contribution in [3.8, 4) is 22.8 Å². The minimum atomic E-state index is -2.69. The van der Waals surface area contributed by atoms with Crippen molar-refractivity contribution < 1.29 is 27.4 Å². The van der Waals surface area contributed by atoms with E-state index >= 15 is 0 Å². The van der Waals surface area contributed by atoms with Crippen molar-refractivity contribution in [2.75, 3.05) is 19.8 Å². The number of amides is 1. The number of hydrogen-bond acceptors (Lipinski definition) is 7. The number of carbonyl (C=O) groups is 1. The highest BCUT2D eigenvalue weighted by Gasteiger charge is 2.48. The van der Waals surface area contributed by atoms with E-state index in [0.717, 1.165) is 42.7 Å². The molecule has 8 nitrogen and oxygen atoms in total. The lowest BCUT2D eigenvalue weighted by Crippen LogP contribution is -2.37. The van der Waals surface area contributed by atoms with Gasteiger partial charge in [-0.15, -0.1) is 0 Å². The van der Waals surface area contributed by atoms with Crippen LogP contribution < -0.4 is 14.8 Å². The zero-order chi connectivity index (χ0) is 25.7. The largest absolute Gasteiger partial charge is 0.489 e. The van der Waals surface area contributed by atoms with Crippen molar-refractivity contribution >= 4 is 16.6 Å². The average molecular weight is 523 g/mol. The topological polar surface area (TPSA) is 104 Å². The quantitative estimate of drug-likeness (QED) is 0.389. The van der Waals surface area contributed by atoms with Crippen LogP contribution in [0, 0.1) is 5.92 Å². The van der Waals surface area contributed by atoms with Crippen molar-refractivity contribution in [1.29, 1.82) is 0 Å². The fraction of sp³-hybridized carbons (Fsp3) is 0.357. The molecule has 1 saturated carbocycles. The first-order valence-corrected chi connectivity index (χ1v) is 13.6. The molecule has 0 bridgehead atoms.